The average Bonchev–Trinajstić information content (AvgIpc) is 3.06. The Bertz CT molecular complexity index is 844. The molecule has 2 aliphatic rings. The van der Waals surface area contributed by atoms with Gasteiger partial charge in [-0.05, 0) is 0 Å². The zero-order valence-electron chi connectivity index (χ0n) is 12.3. The molecule has 4 rings (SSSR count). The summed E-state index contributed by atoms with van der Waals surface area (Å²) >= 11 is 0. The number of ether oxygens (including phenoxy) is 2. The van der Waals surface area contributed by atoms with Crippen molar-refractivity contribution in [2.24, 2.45) is 0 Å². The van der Waals surface area contributed by atoms with Crippen molar-refractivity contribution in [3.8, 4) is 6.01 Å². The van der Waals surface area contributed by atoms with Crippen molar-refractivity contribution in [3.05, 3.63) is 6.33 Å². The highest BCUT2D eigenvalue weighted by atomic mass is 31.2. The summed E-state index contributed by atoms with van der Waals surface area (Å²) in [5.41, 5.74) is 6.35. The standard InChI is InChI=1S/C11H14N5O7P/c1-20-11-15-5-8(12)13-3-14-9(5)16(11)10-6(17)7-4(22-10)2-21-24(18,19)23-7/h3-4,6-7,10,17H,2H2,1H3,(H,18,19)(H2,12,13,14)/t4-,6-,7-,10-/m1/s1. The maximum Gasteiger partial charge on any atom is 0.472 e. The van der Waals surface area contributed by atoms with Crippen LogP contribution in [0.3, 0.4) is 0 Å². The van der Waals surface area contributed by atoms with Crippen LogP contribution < -0.4 is 10.5 Å². The van der Waals surface area contributed by atoms with Crippen molar-refractivity contribution in [2.45, 2.75) is 24.5 Å². The number of hydrogen-bond donors (Lipinski definition) is 3. The summed E-state index contributed by atoms with van der Waals surface area (Å²) in [5.74, 6) is 0.140. The number of methoxy groups -OCH3 is 1. The van der Waals surface area contributed by atoms with Gasteiger partial charge in [0.1, 0.15) is 24.6 Å². The number of fused-ring (bicyclic) bond motifs is 2. The van der Waals surface area contributed by atoms with Gasteiger partial charge in [-0.2, -0.15) is 4.98 Å². The Morgan fingerprint density at radius 3 is 3.04 bits per heavy atom. The van der Waals surface area contributed by atoms with E-state index in [1.165, 1.54) is 18.0 Å². The van der Waals surface area contributed by atoms with Crippen LogP contribution in [0.5, 0.6) is 6.01 Å². The molecule has 2 saturated heterocycles. The van der Waals surface area contributed by atoms with Gasteiger partial charge in [0.15, 0.2) is 23.2 Å². The van der Waals surface area contributed by atoms with E-state index in [9.17, 15) is 14.6 Å². The van der Waals surface area contributed by atoms with Gasteiger partial charge in [0.05, 0.1) is 13.7 Å². The third-order valence-corrected chi connectivity index (χ3v) is 4.86. The second-order valence-corrected chi connectivity index (χ2v) is 6.70. The molecule has 0 spiro atoms. The summed E-state index contributed by atoms with van der Waals surface area (Å²) in [6.45, 7) is -0.196. The molecule has 0 saturated carbocycles. The minimum absolute atomic E-state index is 0.0907. The summed E-state index contributed by atoms with van der Waals surface area (Å²) in [4.78, 5) is 21.6. The minimum atomic E-state index is -4.21. The van der Waals surface area contributed by atoms with E-state index in [0.29, 0.717) is 0 Å². The highest BCUT2D eigenvalue weighted by molar-refractivity contribution is 7.47. The highest BCUT2D eigenvalue weighted by Gasteiger charge is 2.53. The summed E-state index contributed by atoms with van der Waals surface area (Å²) in [5, 5.41) is 10.5. The molecule has 2 aliphatic heterocycles. The Kier molecular flexibility index (Phi) is 3.49. The number of imidazole rings is 1. The van der Waals surface area contributed by atoms with E-state index in [1.807, 2.05) is 0 Å². The molecule has 5 atom stereocenters. The molecule has 0 bridgehead atoms. The second kappa shape index (κ2) is 5.34. The van der Waals surface area contributed by atoms with Crippen LogP contribution in [-0.4, -0.2) is 61.5 Å². The summed E-state index contributed by atoms with van der Waals surface area (Å²) in [7, 11) is -2.83. The lowest BCUT2D eigenvalue weighted by Gasteiger charge is -2.27. The predicted molar refractivity (Wildman–Crippen MR) is 76.9 cm³/mol. The van der Waals surface area contributed by atoms with E-state index in [2.05, 4.69) is 15.0 Å². The predicted octanol–water partition coefficient (Wildman–Crippen LogP) is -0.809. The zero-order valence-corrected chi connectivity index (χ0v) is 13.2. The fourth-order valence-electron chi connectivity index (χ4n) is 2.83. The monoisotopic (exact) mass is 359 g/mol. The van der Waals surface area contributed by atoms with E-state index >= 15 is 0 Å². The number of nitrogen functional groups attached to an aromatic ring is 1. The van der Waals surface area contributed by atoms with Gasteiger partial charge in [-0.3, -0.25) is 9.05 Å². The summed E-state index contributed by atoms with van der Waals surface area (Å²) in [6.07, 6.45) is -2.83. The van der Waals surface area contributed by atoms with E-state index in [4.69, 9.17) is 24.3 Å². The first-order valence-corrected chi connectivity index (χ1v) is 8.42. The van der Waals surface area contributed by atoms with E-state index < -0.39 is 32.4 Å². The number of phosphoric acid groups is 1. The fourth-order valence-corrected chi connectivity index (χ4v) is 3.79. The van der Waals surface area contributed by atoms with Crippen LogP contribution in [0, 0.1) is 0 Å². The Balaban J connectivity index is 1.78. The lowest BCUT2D eigenvalue weighted by Crippen LogP contribution is -2.39. The molecule has 130 valence electrons. The maximum absolute atomic E-state index is 11.6. The van der Waals surface area contributed by atoms with Crippen molar-refractivity contribution in [2.75, 3.05) is 19.5 Å². The van der Waals surface area contributed by atoms with Gasteiger partial charge >= 0.3 is 13.8 Å². The molecule has 0 amide bonds. The first-order valence-electron chi connectivity index (χ1n) is 6.93. The molecule has 2 fully saturated rings. The van der Waals surface area contributed by atoms with Gasteiger partial charge in [0.2, 0.25) is 0 Å². The van der Waals surface area contributed by atoms with Crippen molar-refractivity contribution in [1.29, 1.82) is 0 Å². The molecular weight excluding hydrogens is 345 g/mol. The van der Waals surface area contributed by atoms with Crippen LogP contribution in [-0.2, 0) is 18.3 Å². The lowest BCUT2D eigenvalue weighted by molar-refractivity contribution is -0.0678. The largest absolute Gasteiger partial charge is 0.472 e. The third-order valence-electron chi connectivity index (χ3n) is 3.88. The Morgan fingerprint density at radius 2 is 2.29 bits per heavy atom. The maximum atomic E-state index is 11.6. The van der Waals surface area contributed by atoms with Gasteiger partial charge in [-0.25, -0.2) is 19.1 Å². The lowest BCUT2D eigenvalue weighted by atomic mass is 10.1. The number of aliphatic hydroxyl groups is 1. The van der Waals surface area contributed by atoms with Gasteiger partial charge < -0.3 is 25.2 Å². The molecule has 2 aromatic heterocycles. The quantitative estimate of drug-likeness (QED) is 0.574. The van der Waals surface area contributed by atoms with Crippen LogP contribution >= 0.6 is 7.82 Å². The SMILES string of the molecule is COc1nc2c(N)ncnc2n1[C@@H]1O[C@@H]2COP(=O)(O)O[C@H]2[C@H]1O. The Labute approximate surface area is 134 Å². The first kappa shape index (κ1) is 15.7. The topological polar surface area (TPSA) is 164 Å². The molecule has 2 aromatic rings. The Morgan fingerprint density at radius 1 is 1.50 bits per heavy atom. The van der Waals surface area contributed by atoms with Crippen molar-refractivity contribution >= 4 is 24.8 Å². The average molecular weight is 359 g/mol. The number of nitrogens with zero attached hydrogens (tertiary/aromatic N) is 4. The third kappa shape index (κ3) is 2.27. The molecule has 24 heavy (non-hydrogen) atoms. The normalized spacial score (nSPS) is 36.0. The smallest absolute Gasteiger partial charge is 0.468 e. The van der Waals surface area contributed by atoms with E-state index in [-0.39, 0.29) is 29.6 Å². The molecule has 0 aliphatic carbocycles. The van der Waals surface area contributed by atoms with Gasteiger partial charge in [0, 0.05) is 0 Å². The van der Waals surface area contributed by atoms with Crippen LogP contribution in [0.1, 0.15) is 6.23 Å². The van der Waals surface area contributed by atoms with E-state index in [1.54, 1.807) is 0 Å². The van der Waals surface area contributed by atoms with Crippen LogP contribution in [0.4, 0.5) is 5.82 Å². The molecule has 4 N–H and O–H groups in total. The zero-order chi connectivity index (χ0) is 17.1. The number of rotatable bonds is 2. The van der Waals surface area contributed by atoms with Crippen molar-refractivity contribution in [3.63, 3.8) is 0 Å². The molecule has 0 aromatic carbocycles. The van der Waals surface area contributed by atoms with Crippen LogP contribution in [0.15, 0.2) is 6.33 Å². The van der Waals surface area contributed by atoms with Crippen LogP contribution in [0.25, 0.3) is 11.2 Å². The number of aliphatic hydroxyl groups excluding tert-OH is 1. The Hall–Kier alpha value is -1.82. The first-order chi connectivity index (χ1) is 11.4. The summed E-state index contributed by atoms with van der Waals surface area (Å²) < 4.78 is 33.5. The number of nitrogens with two attached hydrogens (primary N) is 1. The molecule has 4 heterocycles. The molecular formula is C11H14N5O7P. The van der Waals surface area contributed by atoms with Crippen LogP contribution in [0.2, 0.25) is 0 Å². The van der Waals surface area contributed by atoms with Gasteiger partial charge in [-0.15, -0.1) is 0 Å². The minimum Gasteiger partial charge on any atom is -0.468 e. The fraction of sp³-hybridized carbons (Fsp3) is 0.545. The van der Waals surface area contributed by atoms with Crippen molar-refractivity contribution < 1.29 is 33.1 Å². The molecule has 12 nitrogen and oxygen atoms in total. The molecule has 0 radical (unpaired) electrons. The number of anilines is 1. The van der Waals surface area contributed by atoms with Gasteiger partial charge in [-0.1, -0.05) is 0 Å². The number of phosphoric ester groups is 1. The molecule has 13 heteroatoms. The van der Waals surface area contributed by atoms with E-state index in [0.717, 1.165) is 0 Å². The summed E-state index contributed by atoms with van der Waals surface area (Å²) in [6, 6.07) is 0.0907. The number of aromatic nitrogens is 4. The second-order valence-electron chi connectivity index (χ2n) is 5.29. The number of hydrogen-bond acceptors (Lipinski definition) is 10. The van der Waals surface area contributed by atoms with Gasteiger partial charge in [0.25, 0.3) is 0 Å². The highest BCUT2D eigenvalue weighted by Crippen LogP contribution is 2.52. The van der Waals surface area contributed by atoms with Crippen molar-refractivity contribution in [1.82, 2.24) is 19.5 Å². The molecule has 1 unspecified atom stereocenters.